The molecule has 9 saturated heterocycles. The molecule has 2 bridgehead atoms. The second-order valence-corrected chi connectivity index (χ2v) is 49.3. The Morgan fingerprint density at radius 2 is 0.851 bits per heavy atom. The van der Waals surface area contributed by atoms with Gasteiger partial charge in [-0.3, -0.25) is 24.0 Å². The number of benzene rings is 6. The van der Waals surface area contributed by atoms with Crippen LogP contribution in [0.1, 0.15) is 362 Å². The molecule has 6 unspecified atom stereocenters. The van der Waals surface area contributed by atoms with Crippen molar-refractivity contribution in [3.63, 3.8) is 0 Å². The molecule has 782 valence electrons. The number of morpholine rings is 1. The first-order chi connectivity index (χ1) is 65.8. The highest BCUT2D eigenvalue weighted by Crippen LogP contribution is 2.44. The number of nitrogens with zero attached hydrogens (tertiary/aromatic N) is 9. The van der Waals surface area contributed by atoms with Gasteiger partial charge in [-0.05, 0) is 271 Å². The highest BCUT2D eigenvalue weighted by Gasteiger charge is 2.48. The summed E-state index contributed by atoms with van der Waals surface area (Å²) in [5.41, 5.74) is 17.6. The summed E-state index contributed by atoms with van der Waals surface area (Å²) in [6, 6.07) is 54.3. The lowest BCUT2D eigenvalue weighted by atomic mass is 9.73. The van der Waals surface area contributed by atoms with Gasteiger partial charge in [0.15, 0.2) is 6.10 Å². The van der Waals surface area contributed by atoms with Crippen LogP contribution < -0.4 is 5.32 Å². The third-order valence-corrected chi connectivity index (χ3v) is 31.1. The second kappa shape index (κ2) is 49.6. The van der Waals surface area contributed by atoms with Crippen molar-refractivity contribution in [2.75, 3.05) is 125 Å². The second-order valence-electron chi connectivity index (χ2n) is 49.3. The van der Waals surface area contributed by atoms with E-state index in [1.807, 2.05) is 50.9 Å². The van der Waals surface area contributed by atoms with Gasteiger partial charge in [0.05, 0.1) is 43.4 Å². The molecule has 1 spiro atoms. The van der Waals surface area contributed by atoms with E-state index in [0.717, 1.165) is 167 Å². The van der Waals surface area contributed by atoms with E-state index in [4.69, 9.17) is 9.84 Å². The largest absolute Gasteiger partial charge is 0.415 e. The van der Waals surface area contributed by atoms with Crippen LogP contribution in [0.3, 0.4) is 0 Å². The van der Waals surface area contributed by atoms with Crippen molar-refractivity contribution in [1.82, 2.24) is 49.4 Å². The SMILES string of the molecule is CC(=O)N1CCC(c2ccc(C(C)(C)C)cc2)CC1.CC(C)(C)c1ccc(C2CCN(CC(O)C(F)(F)F)CC2)cc1.CC(C)(C)c1ccc(C2CCN(CCC(F)(F)F)CC2)cc1.CC(C)(C)c1ccc(C2CCNCC2O)cc1.CC(C)(C)c1ccc(CN2CCOCC2)cc1.CN1C2CCC1CC(n1cc(C(C)(C)C)cn1)C2.CN1CCCC2(CCCN(C(=O)c3ccc(C(C)(C)C)cc3)C2)C1=O. The molecule has 9 aliphatic heterocycles. The molecular formula is C119H178F6N10O6. The minimum Gasteiger partial charge on any atom is -0.391 e. The van der Waals surface area contributed by atoms with Crippen LogP contribution in [0.25, 0.3) is 0 Å². The minimum atomic E-state index is -4.53. The Bertz CT molecular complexity index is 4920. The summed E-state index contributed by atoms with van der Waals surface area (Å²) in [4.78, 5) is 51.4. The van der Waals surface area contributed by atoms with Gasteiger partial charge in [-0.15, -0.1) is 0 Å². The summed E-state index contributed by atoms with van der Waals surface area (Å²) >= 11 is 0. The van der Waals surface area contributed by atoms with Crippen molar-refractivity contribution >= 4 is 17.7 Å². The van der Waals surface area contributed by atoms with Gasteiger partial charge >= 0.3 is 12.4 Å². The Balaban J connectivity index is 0.000000170. The number of carbonyl (C=O) groups excluding carboxylic acids is 3. The standard InChI is InChI=1S/C21H30N2O2.C18H26F3NO.C18H26F3N.C17H25NO.C15H25N3.2C15H23NO/c1-20(2,3)17-9-7-16(8-10-17)18(24)23-14-6-12-21(15-23)11-5-13-22(4)19(21)25;1-17(2,3)15-6-4-13(5-7-15)14-8-10-22(11-9-14)12-16(23)18(19,20)21;1-17(2,3)16-6-4-14(5-7-16)15-8-11-22(12-9-15)13-10-18(19,20)21;1-13(19)18-11-9-15(10-12-18)14-5-7-16(8-6-14)17(2,3)4;1-15(2,3)11-9-16-18(10-11)14-7-12-5-6-13(8-14)17(12)4;1-15(2,3)14-6-4-13(5-7-14)12-16-8-10-17-11-9-16;1-15(2,3)12-6-4-11(5-7-12)13-8-9-16-10-14(13)17/h7-10H,5-6,11-15H2,1-4H3;4-7,14,16,23H,8-12H2,1-3H3;4-7,15H,8-13H2,1-3H3;5-8,15H,9-12H2,1-4H3;9-10,12-14H,5-8H2,1-4H3;4-7H,8-12H2,1-3H3;4-7,13-14,16-17H,8-10H2,1-3H3. The molecule has 0 saturated carbocycles. The molecule has 16 nitrogen and oxygen atoms in total. The zero-order valence-corrected chi connectivity index (χ0v) is 90.6. The first kappa shape index (κ1) is 115. The maximum absolute atomic E-state index is 13.0. The number of fused-ring (bicyclic) bond motifs is 2. The van der Waals surface area contributed by atoms with Crippen LogP contribution in [0.5, 0.6) is 0 Å². The zero-order valence-electron chi connectivity index (χ0n) is 90.6. The number of β-amino-alcohol motifs (C(OH)–C–C–N with tert-alkyl or cyclic N) is 2. The number of aliphatic hydroxyl groups is 2. The molecule has 9 fully saturated rings. The topological polar surface area (TPSA) is 153 Å². The summed E-state index contributed by atoms with van der Waals surface area (Å²) in [5, 5.41) is 27.0. The zero-order chi connectivity index (χ0) is 104. The van der Waals surface area contributed by atoms with Crippen LogP contribution in [0, 0.1) is 5.41 Å². The molecule has 10 heterocycles. The Morgan fingerprint density at radius 3 is 1.24 bits per heavy atom. The van der Waals surface area contributed by atoms with Gasteiger partial charge in [0.2, 0.25) is 11.8 Å². The van der Waals surface area contributed by atoms with Gasteiger partial charge < -0.3 is 49.7 Å². The predicted molar refractivity (Wildman–Crippen MR) is 565 cm³/mol. The Hall–Kier alpha value is -7.80. The molecule has 3 amide bonds. The number of rotatable bonds is 12. The van der Waals surface area contributed by atoms with Crippen LogP contribution >= 0.6 is 0 Å². The van der Waals surface area contributed by atoms with Gasteiger partial charge in [0.25, 0.3) is 5.91 Å². The normalized spacial score (nSPS) is 22.4. The average Bonchev–Trinajstić information content (AvgIpc) is 1.75. The van der Waals surface area contributed by atoms with E-state index >= 15 is 0 Å². The molecule has 0 radical (unpaired) electrons. The number of alkyl halides is 6. The lowest BCUT2D eigenvalue weighted by Crippen LogP contribution is -2.56. The molecule has 9 aliphatic rings. The molecule has 22 heteroatoms. The van der Waals surface area contributed by atoms with Crippen molar-refractivity contribution in [3.05, 3.63) is 230 Å². The predicted octanol–water partition coefficient (Wildman–Crippen LogP) is 24.6. The average molecular weight is 1960 g/mol. The van der Waals surface area contributed by atoms with E-state index in [1.54, 1.807) is 11.8 Å². The van der Waals surface area contributed by atoms with E-state index in [2.05, 4.69) is 311 Å². The number of hydrogen-bond donors (Lipinski definition) is 3. The van der Waals surface area contributed by atoms with Crippen LogP contribution in [-0.4, -0.2) is 234 Å². The lowest BCUT2D eigenvalue weighted by Gasteiger charge is -2.46. The van der Waals surface area contributed by atoms with Crippen LogP contribution in [0.2, 0.25) is 0 Å². The fourth-order valence-electron chi connectivity index (χ4n) is 21.2. The summed E-state index contributed by atoms with van der Waals surface area (Å²) in [6.45, 7) is 61.3. The maximum atomic E-state index is 13.0. The Kier molecular flexibility index (Phi) is 40.5. The molecule has 1 aromatic heterocycles. The van der Waals surface area contributed by atoms with Crippen molar-refractivity contribution in [2.24, 2.45) is 5.41 Å². The first-order valence-corrected chi connectivity index (χ1v) is 53.0. The summed E-state index contributed by atoms with van der Waals surface area (Å²) in [5.74, 6) is 2.27. The van der Waals surface area contributed by atoms with Gasteiger partial charge in [0.1, 0.15) is 0 Å². The van der Waals surface area contributed by atoms with E-state index in [1.165, 1.54) is 92.4 Å². The number of halogens is 6. The molecule has 16 rings (SSSR count). The number of hydrogen-bond acceptors (Lipinski definition) is 12. The van der Waals surface area contributed by atoms with Crippen molar-refractivity contribution in [1.29, 1.82) is 0 Å². The number of aliphatic hydroxyl groups excluding tert-OH is 2. The van der Waals surface area contributed by atoms with Gasteiger partial charge in [-0.25, -0.2) is 0 Å². The number of aromatic nitrogens is 2. The molecule has 6 atom stereocenters. The van der Waals surface area contributed by atoms with E-state index in [-0.39, 0.29) is 80.2 Å². The van der Waals surface area contributed by atoms with Gasteiger partial charge in [-0.2, -0.15) is 31.4 Å². The molecule has 141 heavy (non-hydrogen) atoms. The number of carbonyl (C=O) groups is 3. The van der Waals surface area contributed by atoms with Crippen molar-refractivity contribution < 1.29 is 55.7 Å². The van der Waals surface area contributed by atoms with Gasteiger partial charge in [-0.1, -0.05) is 279 Å². The monoisotopic (exact) mass is 1960 g/mol. The molecular weight excluding hydrogens is 1780 g/mol. The lowest BCUT2D eigenvalue weighted by molar-refractivity contribution is -0.208. The molecule has 6 aromatic carbocycles. The minimum absolute atomic E-state index is 0.0561. The quantitative estimate of drug-likeness (QED) is 0.0998. The molecule has 0 aliphatic carbocycles. The van der Waals surface area contributed by atoms with Crippen molar-refractivity contribution in [2.45, 2.75) is 366 Å². The molecule has 3 N–H and O–H groups in total. The van der Waals surface area contributed by atoms with E-state index < -0.39 is 24.9 Å². The highest BCUT2D eigenvalue weighted by atomic mass is 19.4. The third-order valence-electron chi connectivity index (χ3n) is 31.1. The Morgan fingerprint density at radius 1 is 0.461 bits per heavy atom. The Labute approximate surface area is 845 Å². The maximum Gasteiger partial charge on any atom is 0.415 e. The third kappa shape index (κ3) is 34.7. The van der Waals surface area contributed by atoms with Crippen LogP contribution in [0.15, 0.2) is 158 Å². The van der Waals surface area contributed by atoms with Crippen molar-refractivity contribution in [3.8, 4) is 0 Å². The van der Waals surface area contributed by atoms with Crippen LogP contribution in [0.4, 0.5) is 26.3 Å². The molecule has 7 aromatic rings. The van der Waals surface area contributed by atoms with Gasteiger partial charge in [0, 0.05) is 116 Å². The highest BCUT2D eigenvalue weighted by molar-refractivity contribution is 5.95. The fourth-order valence-corrected chi connectivity index (χ4v) is 21.2. The smallest absolute Gasteiger partial charge is 0.391 e. The number of piperidine rings is 7. The number of amides is 3. The summed E-state index contributed by atoms with van der Waals surface area (Å²) in [6.07, 6.45) is 8.41. The fraction of sp³-hybridized carbons (Fsp3) is 0.647. The first-order valence-electron chi connectivity index (χ1n) is 53.0. The summed E-state index contributed by atoms with van der Waals surface area (Å²) < 4.78 is 81.6. The number of likely N-dealkylation sites (tertiary alicyclic amines) is 5. The number of ether oxygens (including phenoxy) is 1. The number of nitrogens with one attached hydrogen (secondary N) is 1. The summed E-state index contributed by atoms with van der Waals surface area (Å²) in [7, 11) is 4.18. The van der Waals surface area contributed by atoms with E-state index in [0.29, 0.717) is 55.9 Å². The van der Waals surface area contributed by atoms with Crippen LogP contribution in [-0.2, 0) is 58.8 Å². The van der Waals surface area contributed by atoms with E-state index in [9.17, 15) is 45.8 Å².